The van der Waals surface area contributed by atoms with Crippen LogP contribution in [-0.2, 0) is 10.0 Å². The van der Waals surface area contributed by atoms with Crippen LogP contribution in [0, 0.1) is 5.92 Å². The van der Waals surface area contributed by atoms with Gasteiger partial charge < -0.3 is 5.32 Å². The SMILES string of the molecule is CCN(CCNC(=O)c1ccc(Cl)c(S(=O)(=O)N2CCCC(C)C2)c1)C(C)C. The van der Waals surface area contributed by atoms with Crippen molar-refractivity contribution in [2.75, 3.05) is 32.7 Å². The van der Waals surface area contributed by atoms with E-state index in [2.05, 4.69) is 31.0 Å². The average molecular weight is 430 g/mol. The van der Waals surface area contributed by atoms with Crippen molar-refractivity contribution in [2.24, 2.45) is 5.92 Å². The monoisotopic (exact) mass is 429 g/mol. The summed E-state index contributed by atoms with van der Waals surface area (Å²) in [6.07, 6.45) is 1.86. The molecule has 1 aliphatic rings. The van der Waals surface area contributed by atoms with Crippen molar-refractivity contribution in [1.82, 2.24) is 14.5 Å². The van der Waals surface area contributed by atoms with Gasteiger partial charge in [0.1, 0.15) is 4.90 Å². The van der Waals surface area contributed by atoms with E-state index >= 15 is 0 Å². The topological polar surface area (TPSA) is 69.7 Å². The van der Waals surface area contributed by atoms with Crippen LogP contribution in [0.5, 0.6) is 0 Å². The molecule has 0 saturated carbocycles. The fourth-order valence-electron chi connectivity index (χ4n) is 3.54. The van der Waals surface area contributed by atoms with Crippen molar-refractivity contribution in [2.45, 2.75) is 51.5 Å². The first-order valence-electron chi connectivity index (χ1n) is 9.98. The first kappa shape index (κ1) is 23.1. The number of carbonyl (C=O) groups is 1. The van der Waals surface area contributed by atoms with Crippen LogP contribution in [0.2, 0.25) is 5.02 Å². The number of hydrogen-bond donors (Lipinski definition) is 1. The number of likely N-dealkylation sites (N-methyl/N-ethyl adjacent to an activating group) is 1. The maximum atomic E-state index is 13.0. The molecule has 1 atom stereocenters. The summed E-state index contributed by atoms with van der Waals surface area (Å²) in [7, 11) is -3.72. The maximum Gasteiger partial charge on any atom is 0.251 e. The van der Waals surface area contributed by atoms with Gasteiger partial charge in [-0.15, -0.1) is 0 Å². The van der Waals surface area contributed by atoms with Gasteiger partial charge in [-0.05, 0) is 57.4 Å². The van der Waals surface area contributed by atoms with Crippen molar-refractivity contribution >= 4 is 27.5 Å². The minimum absolute atomic E-state index is 0.00767. The van der Waals surface area contributed by atoms with Crippen molar-refractivity contribution in [1.29, 1.82) is 0 Å². The van der Waals surface area contributed by atoms with Crippen molar-refractivity contribution < 1.29 is 13.2 Å². The highest BCUT2D eigenvalue weighted by Crippen LogP contribution is 2.29. The fourth-order valence-corrected chi connectivity index (χ4v) is 5.64. The molecule has 0 bridgehead atoms. The zero-order valence-electron chi connectivity index (χ0n) is 17.2. The van der Waals surface area contributed by atoms with Gasteiger partial charge in [-0.3, -0.25) is 9.69 Å². The number of nitrogens with one attached hydrogen (secondary N) is 1. The summed E-state index contributed by atoms with van der Waals surface area (Å²) < 4.78 is 27.6. The van der Waals surface area contributed by atoms with Crippen LogP contribution in [0.15, 0.2) is 23.1 Å². The van der Waals surface area contributed by atoms with Crippen LogP contribution < -0.4 is 5.32 Å². The Hall–Kier alpha value is -1.15. The van der Waals surface area contributed by atoms with Gasteiger partial charge in [-0.25, -0.2) is 8.42 Å². The molecule has 1 unspecified atom stereocenters. The van der Waals surface area contributed by atoms with E-state index in [1.807, 2.05) is 6.92 Å². The third kappa shape index (κ3) is 5.69. The molecule has 8 heteroatoms. The Kier molecular flexibility index (Phi) is 8.30. The number of nitrogens with zero attached hydrogens (tertiary/aromatic N) is 2. The smallest absolute Gasteiger partial charge is 0.251 e. The first-order chi connectivity index (χ1) is 13.2. The minimum Gasteiger partial charge on any atom is -0.351 e. The van der Waals surface area contributed by atoms with E-state index in [1.165, 1.54) is 16.4 Å². The molecule has 1 amide bonds. The summed E-state index contributed by atoms with van der Waals surface area (Å²) in [5.41, 5.74) is 0.306. The molecular weight excluding hydrogens is 398 g/mol. The molecule has 0 aliphatic carbocycles. The summed E-state index contributed by atoms with van der Waals surface area (Å²) in [5.74, 6) is 0.0242. The van der Waals surface area contributed by atoms with Gasteiger partial charge in [0.2, 0.25) is 10.0 Å². The van der Waals surface area contributed by atoms with Crippen LogP contribution in [0.4, 0.5) is 0 Å². The number of rotatable bonds is 8. The Labute approximate surface area is 174 Å². The number of sulfonamides is 1. The molecule has 1 aliphatic heterocycles. The van der Waals surface area contributed by atoms with Gasteiger partial charge >= 0.3 is 0 Å². The van der Waals surface area contributed by atoms with Gasteiger partial charge in [0.05, 0.1) is 5.02 Å². The normalized spacial score (nSPS) is 18.6. The molecule has 1 fully saturated rings. The number of piperidine rings is 1. The van der Waals surface area contributed by atoms with E-state index in [4.69, 9.17) is 11.6 Å². The van der Waals surface area contributed by atoms with Gasteiger partial charge in [-0.1, -0.05) is 25.4 Å². The Morgan fingerprint density at radius 2 is 2.11 bits per heavy atom. The molecule has 1 saturated heterocycles. The van der Waals surface area contributed by atoms with Crippen LogP contribution >= 0.6 is 11.6 Å². The third-order valence-electron chi connectivity index (χ3n) is 5.25. The number of halogens is 1. The summed E-state index contributed by atoms with van der Waals surface area (Å²) in [6, 6.07) is 4.85. The van der Waals surface area contributed by atoms with Crippen LogP contribution in [0.25, 0.3) is 0 Å². The second kappa shape index (κ2) is 10.1. The molecule has 158 valence electrons. The lowest BCUT2D eigenvalue weighted by Crippen LogP contribution is -2.39. The zero-order chi connectivity index (χ0) is 20.9. The molecule has 0 aromatic heterocycles. The predicted molar refractivity (Wildman–Crippen MR) is 113 cm³/mol. The largest absolute Gasteiger partial charge is 0.351 e. The quantitative estimate of drug-likeness (QED) is 0.688. The molecule has 6 nitrogen and oxygen atoms in total. The van der Waals surface area contributed by atoms with Crippen molar-refractivity contribution in [3.8, 4) is 0 Å². The molecule has 28 heavy (non-hydrogen) atoms. The number of amides is 1. The highest BCUT2D eigenvalue weighted by atomic mass is 35.5. The summed E-state index contributed by atoms with van der Waals surface area (Å²) >= 11 is 6.20. The molecule has 2 rings (SSSR count). The standard InChI is InChI=1S/C20H32ClN3O3S/c1-5-23(15(2)3)12-10-22-20(25)17-8-9-18(21)19(13-17)28(26,27)24-11-6-7-16(4)14-24/h8-9,13,15-16H,5-7,10-12,14H2,1-4H3,(H,22,25). The summed E-state index contributed by atoms with van der Waals surface area (Å²) in [5, 5.41) is 3.02. The highest BCUT2D eigenvalue weighted by molar-refractivity contribution is 7.89. The number of carbonyl (C=O) groups excluding carboxylic acids is 1. The molecular formula is C20H32ClN3O3S. The minimum atomic E-state index is -3.72. The van der Waals surface area contributed by atoms with Crippen LogP contribution in [0.1, 0.15) is 50.9 Å². The highest BCUT2D eigenvalue weighted by Gasteiger charge is 2.30. The van der Waals surface area contributed by atoms with Crippen molar-refractivity contribution in [3.05, 3.63) is 28.8 Å². The van der Waals surface area contributed by atoms with E-state index in [9.17, 15) is 13.2 Å². The maximum absolute atomic E-state index is 13.0. The van der Waals surface area contributed by atoms with Gasteiger partial charge in [-0.2, -0.15) is 4.31 Å². The Morgan fingerprint density at radius 3 is 2.71 bits per heavy atom. The van der Waals surface area contributed by atoms with E-state index in [1.54, 1.807) is 6.07 Å². The van der Waals surface area contributed by atoms with E-state index < -0.39 is 10.0 Å². The Bertz CT molecular complexity index is 783. The van der Waals surface area contributed by atoms with Crippen LogP contribution in [0.3, 0.4) is 0 Å². The number of hydrogen-bond acceptors (Lipinski definition) is 4. The summed E-state index contributed by atoms with van der Waals surface area (Å²) in [4.78, 5) is 14.8. The first-order valence-corrected chi connectivity index (χ1v) is 11.8. The lowest BCUT2D eigenvalue weighted by Gasteiger charge is -2.30. The van der Waals surface area contributed by atoms with Gasteiger partial charge in [0.15, 0.2) is 0 Å². The van der Waals surface area contributed by atoms with Crippen LogP contribution in [-0.4, -0.2) is 62.3 Å². The molecule has 1 aromatic rings. The molecule has 0 spiro atoms. The Morgan fingerprint density at radius 1 is 1.39 bits per heavy atom. The molecule has 0 radical (unpaired) electrons. The van der Waals surface area contributed by atoms with Gasteiger partial charge in [0, 0.05) is 37.8 Å². The third-order valence-corrected chi connectivity index (χ3v) is 7.60. The predicted octanol–water partition coefficient (Wildman–Crippen LogP) is 3.22. The molecule has 1 N–H and O–H groups in total. The second-order valence-corrected chi connectivity index (χ2v) is 10.0. The van der Waals surface area contributed by atoms with E-state index in [0.717, 1.165) is 25.9 Å². The van der Waals surface area contributed by atoms with Gasteiger partial charge in [0.25, 0.3) is 5.91 Å². The molecule has 1 aromatic carbocycles. The fraction of sp³-hybridized carbons (Fsp3) is 0.650. The lowest BCUT2D eigenvalue weighted by atomic mass is 10.0. The average Bonchev–Trinajstić information content (AvgIpc) is 2.65. The van der Waals surface area contributed by atoms with E-state index in [-0.39, 0.29) is 15.8 Å². The van der Waals surface area contributed by atoms with Crippen molar-refractivity contribution in [3.63, 3.8) is 0 Å². The molecule has 1 heterocycles. The van der Waals surface area contributed by atoms with E-state index in [0.29, 0.717) is 37.2 Å². The Balaban J connectivity index is 2.12. The lowest BCUT2D eigenvalue weighted by molar-refractivity contribution is 0.0945. The summed E-state index contributed by atoms with van der Waals surface area (Å²) in [6.45, 7) is 11.5. The number of benzene rings is 1. The second-order valence-electron chi connectivity index (χ2n) is 7.73. The zero-order valence-corrected chi connectivity index (χ0v) is 18.8.